The number of carbonyl (C=O) groups is 2. The van der Waals surface area contributed by atoms with Crippen LogP contribution in [0.15, 0.2) is 42.5 Å². The molecule has 0 saturated carbocycles. The number of amides is 2. The van der Waals surface area contributed by atoms with E-state index in [-0.39, 0.29) is 27.8 Å². The van der Waals surface area contributed by atoms with Gasteiger partial charge < -0.3 is 10.6 Å². The van der Waals surface area contributed by atoms with Crippen molar-refractivity contribution in [3.8, 4) is 0 Å². The Morgan fingerprint density at radius 3 is 2.04 bits per heavy atom. The Bertz CT molecular complexity index is 773. The first kappa shape index (κ1) is 19.1. The van der Waals surface area contributed by atoms with Crippen molar-refractivity contribution in [2.45, 2.75) is 6.18 Å². The summed E-state index contributed by atoms with van der Waals surface area (Å²) in [7, 11) is 0. The van der Waals surface area contributed by atoms with Crippen molar-refractivity contribution in [1.82, 2.24) is 5.32 Å². The zero-order valence-electron chi connectivity index (χ0n) is 12.5. The van der Waals surface area contributed by atoms with Gasteiger partial charge in [0.2, 0.25) is 5.91 Å². The van der Waals surface area contributed by atoms with Gasteiger partial charge in [-0.05, 0) is 42.5 Å². The van der Waals surface area contributed by atoms with Crippen LogP contribution in [-0.2, 0) is 11.0 Å². The zero-order valence-corrected chi connectivity index (χ0v) is 14.0. The third-order valence-electron chi connectivity index (χ3n) is 3.03. The van der Waals surface area contributed by atoms with Crippen molar-refractivity contribution < 1.29 is 22.8 Å². The molecule has 2 aromatic carbocycles. The van der Waals surface area contributed by atoms with E-state index in [1.165, 1.54) is 18.2 Å². The molecular weight excluding hydrogens is 380 g/mol. The number of anilines is 1. The first-order valence-electron chi connectivity index (χ1n) is 6.86. The number of hydrogen-bond acceptors (Lipinski definition) is 2. The van der Waals surface area contributed by atoms with E-state index in [9.17, 15) is 22.8 Å². The van der Waals surface area contributed by atoms with Gasteiger partial charge in [0.15, 0.2) is 0 Å². The number of rotatable bonds is 4. The lowest BCUT2D eigenvalue weighted by atomic mass is 10.2. The smallest absolute Gasteiger partial charge is 0.343 e. The maximum atomic E-state index is 12.5. The second kappa shape index (κ2) is 7.76. The summed E-state index contributed by atoms with van der Waals surface area (Å²) in [5.74, 6) is -1.16. The Hall–Kier alpha value is -2.25. The molecule has 0 spiro atoms. The van der Waals surface area contributed by atoms with E-state index in [1.807, 2.05) is 0 Å². The lowest BCUT2D eigenvalue weighted by molar-refractivity contribution is -0.137. The van der Waals surface area contributed by atoms with Gasteiger partial charge in [0.1, 0.15) is 0 Å². The summed E-state index contributed by atoms with van der Waals surface area (Å²) < 4.78 is 37.4. The van der Waals surface area contributed by atoms with Gasteiger partial charge in [-0.15, -0.1) is 0 Å². The minimum absolute atomic E-state index is 0.179. The summed E-state index contributed by atoms with van der Waals surface area (Å²) in [5, 5.41) is 5.28. The molecule has 0 aromatic heterocycles. The molecule has 0 aliphatic carbocycles. The van der Waals surface area contributed by atoms with Crippen LogP contribution in [-0.4, -0.2) is 18.4 Å². The summed E-state index contributed by atoms with van der Waals surface area (Å²) in [6.45, 7) is -0.371. The quantitative estimate of drug-likeness (QED) is 0.813. The number of halogens is 5. The van der Waals surface area contributed by atoms with E-state index in [1.54, 1.807) is 0 Å². The summed E-state index contributed by atoms with van der Waals surface area (Å²) in [4.78, 5) is 23.7. The highest BCUT2D eigenvalue weighted by Gasteiger charge is 2.29. The molecule has 0 fully saturated rings. The van der Waals surface area contributed by atoms with Gasteiger partial charge in [-0.1, -0.05) is 23.2 Å². The monoisotopic (exact) mass is 390 g/mol. The molecule has 0 aliphatic heterocycles. The molecule has 0 atom stereocenters. The minimum Gasteiger partial charge on any atom is -0.343 e. The van der Waals surface area contributed by atoms with Crippen molar-refractivity contribution in [2.75, 3.05) is 11.9 Å². The summed E-state index contributed by atoms with van der Waals surface area (Å²) >= 11 is 11.6. The molecule has 0 radical (unpaired) electrons. The van der Waals surface area contributed by atoms with Crippen LogP contribution >= 0.6 is 23.2 Å². The van der Waals surface area contributed by atoms with Crippen LogP contribution in [0.3, 0.4) is 0 Å². The molecule has 0 heterocycles. The van der Waals surface area contributed by atoms with Gasteiger partial charge in [-0.2, -0.15) is 13.2 Å². The SMILES string of the molecule is O=C(CNC(=O)c1cc(Cl)cc(Cl)c1)Nc1ccc(C(F)(F)F)cc1. The van der Waals surface area contributed by atoms with Crippen LogP contribution in [0.4, 0.5) is 18.9 Å². The fourth-order valence-electron chi connectivity index (χ4n) is 1.90. The second-order valence-electron chi connectivity index (χ2n) is 4.96. The van der Waals surface area contributed by atoms with Gasteiger partial charge in [0, 0.05) is 21.3 Å². The number of benzene rings is 2. The van der Waals surface area contributed by atoms with Crippen molar-refractivity contribution in [3.63, 3.8) is 0 Å². The van der Waals surface area contributed by atoms with Gasteiger partial charge in [0.25, 0.3) is 5.91 Å². The van der Waals surface area contributed by atoms with E-state index in [4.69, 9.17) is 23.2 Å². The molecule has 2 aromatic rings. The minimum atomic E-state index is -4.45. The van der Waals surface area contributed by atoms with Crippen LogP contribution in [0.2, 0.25) is 10.0 Å². The summed E-state index contributed by atoms with van der Waals surface area (Å²) in [6, 6.07) is 8.17. The van der Waals surface area contributed by atoms with E-state index >= 15 is 0 Å². The molecule has 132 valence electrons. The van der Waals surface area contributed by atoms with E-state index in [0.29, 0.717) is 0 Å². The van der Waals surface area contributed by atoms with E-state index < -0.39 is 23.6 Å². The molecule has 2 amide bonds. The number of hydrogen-bond donors (Lipinski definition) is 2. The maximum Gasteiger partial charge on any atom is 0.416 e. The van der Waals surface area contributed by atoms with E-state index in [2.05, 4.69) is 10.6 Å². The third kappa shape index (κ3) is 5.65. The lowest BCUT2D eigenvalue weighted by Crippen LogP contribution is -2.32. The zero-order chi connectivity index (χ0) is 18.6. The Morgan fingerprint density at radius 1 is 0.960 bits per heavy atom. The highest BCUT2D eigenvalue weighted by Crippen LogP contribution is 2.29. The maximum absolute atomic E-state index is 12.5. The van der Waals surface area contributed by atoms with E-state index in [0.717, 1.165) is 24.3 Å². The molecule has 4 nitrogen and oxygen atoms in total. The molecule has 2 rings (SSSR count). The largest absolute Gasteiger partial charge is 0.416 e. The number of alkyl halides is 3. The first-order valence-corrected chi connectivity index (χ1v) is 7.62. The highest BCUT2D eigenvalue weighted by molar-refractivity contribution is 6.35. The summed E-state index contributed by atoms with van der Waals surface area (Å²) in [5.41, 5.74) is -0.463. The fourth-order valence-corrected chi connectivity index (χ4v) is 2.42. The average molecular weight is 391 g/mol. The molecule has 0 bridgehead atoms. The standard InChI is InChI=1S/C16H11Cl2F3N2O2/c17-11-5-9(6-12(18)7-11)15(25)22-8-14(24)23-13-3-1-10(2-4-13)16(19,20)21/h1-7H,8H2,(H,22,25)(H,23,24). The summed E-state index contributed by atoms with van der Waals surface area (Å²) in [6.07, 6.45) is -4.45. The van der Waals surface area contributed by atoms with Crippen molar-refractivity contribution in [1.29, 1.82) is 0 Å². The molecular formula is C16H11Cl2F3N2O2. The van der Waals surface area contributed by atoms with Crippen molar-refractivity contribution >= 4 is 40.7 Å². The molecule has 0 saturated heterocycles. The van der Waals surface area contributed by atoms with Crippen LogP contribution in [0.25, 0.3) is 0 Å². The highest BCUT2D eigenvalue weighted by atomic mass is 35.5. The second-order valence-corrected chi connectivity index (χ2v) is 5.84. The Labute approximate surface area is 150 Å². The Morgan fingerprint density at radius 2 is 1.52 bits per heavy atom. The number of nitrogens with one attached hydrogen (secondary N) is 2. The lowest BCUT2D eigenvalue weighted by Gasteiger charge is -2.09. The molecule has 2 N–H and O–H groups in total. The average Bonchev–Trinajstić information content (AvgIpc) is 2.51. The predicted octanol–water partition coefficient (Wildman–Crippen LogP) is 4.38. The molecule has 0 aliphatic rings. The first-order chi connectivity index (χ1) is 11.6. The molecule has 9 heteroatoms. The molecule has 25 heavy (non-hydrogen) atoms. The van der Waals surface area contributed by atoms with Crippen LogP contribution in [0.1, 0.15) is 15.9 Å². The van der Waals surface area contributed by atoms with Crippen LogP contribution in [0, 0.1) is 0 Å². The normalized spacial score (nSPS) is 11.1. The van der Waals surface area contributed by atoms with Crippen LogP contribution in [0.5, 0.6) is 0 Å². The van der Waals surface area contributed by atoms with Gasteiger partial charge in [0.05, 0.1) is 12.1 Å². The van der Waals surface area contributed by atoms with Crippen molar-refractivity contribution in [3.05, 3.63) is 63.6 Å². The third-order valence-corrected chi connectivity index (χ3v) is 3.47. The van der Waals surface area contributed by atoms with Gasteiger partial charge >= 0.3 is 6.18 Å². The molecule has 0 unspecified atom stereocenters. The number of carbonyl (C=O) groups excluding carboxylic acids is 2. The van der Waals surface area contributed by atoms with Crippen molar-refractivity contribution in [2.24, 2.45) is 0 Å². The Kier molecular flexibility index (Phi) is 5.92. The topological polar surface area (TPSA) is 58.2 Å². The van der Waals surface area contributed by atoms with Gasteiger partial charge in [-0.25, -0.2) is 0 Å². The van der Waals surface area contributed by atoms with Gasteiger partial charge in [-0.3, -0.25) is 9.59 Å². The Balaban J connectivity index is 1.91. The predicted molar refractivity (Wildman–Crippen MR) is 88.9 cm³/mol. The fraction of sp³-hybridized carbons (Fsp3) is 0.125. The van der Waals surface area contributed by atoms with Crippen LogP contribution < -0.4 is 10.6 Å².